The molecule has 0 spiro atoms. The molecule has 3 rings (SSSR count). The number of hydrogen-bond donors (Lipinski definition) is 0. The molecule has 0 N–H and O–H groups in total. The van der Waals surface area contributed by atoms with Crippen LogP contribution in [0.4, 0.5) is 5.69 Å². The normalized spacial score (nSPS) is 14.9. The fraction of sp³-hybridized carbons (Fsp3) is 0.389. The van der Waals surface area contributed by atoms with Crippen LogP contribution in [0.15, 0.2) is 30.3 Å². The minimum atomic E-state index is 0.00231. The van der Waals surface area contributed by atoms with E-state index in [4.69, 9.17) is 0 Å². The van der Waals surface area contributed by atoms with Gasteiger partial charge >= 0.3 is 0 Å². The molecule has 1 saturated heterocycles. The third-order valence-electron chi connectivity index (χ3n) is 4.12. The van der Waals surface area contributed by atoms with E-state index in [1.165, 1.54) is 11.3 Å². The van der Waals surface area contributed by atoms with Crippen LogP contribution >= 0.6 is 0 Å². The quantitative estimate of drug-likeness (QED) is 0.854. The molecule has 0 radical (unpaired) electrons. The molecule has 1 aromatic carbocycles. The molecule has 0 atom stereocenters. The van der Waals surface area contributed by atoms with Crippen LogP contribution in [0.3, 0.4) is 0 Å². The second-order valence-electron chi connectivity index (χ2n) is 6.06. The molecule has 1 amide bonds. The fourth-order valence-corrected chi connectivity index (χ4v) is 2.98. The summed E-state index contributed by atoms with van der Waals surface area (Å²) in [4.78, 5) is 25.3. The van der Waals surface area contributed by atoms with Gasteiger partial charge in [0, 0.05) is 37.6 Å². The van der Waals surface area contributed by atoms with Gasteiger partial charge in [-0.2, -0.15) is 0 Å². The number of carbonyl (C=O) groups is 1. The second kappa shape index (κ2) is 6.36. The molecule has 0 saturated carbocycles. The van der Waals surface area contributed by atoms with Crippen molar-refractivity contribution in [3.63, 3.8) is 0 Å². The highest BCUT2D eigenvalue weighted by Gasteiger charge is 2.23. The van der Waals surface area contributed by atoms with E-state index in [-0.39, 0.29) is 5.91 Å². The molecule has 1 aliphatic rings. The summed E-state index contributed by atoms with van der Waals surface area (Å²) in [6, 6.07) is 10.3. The van der Waals surface area contributed by atoms with Gasteiger partial charge in [-0.25, -0.2) is 9.97 Å². The van der Waals surface area contributed by atoms with E-state index in [9.17, 15) is 4.79 Å². The van der Waals surface area contributed by atoms with Crippen LogP contribution in [0.2, 0.25) is 0 Å². The molecule has 120 valence electrons. The number of aryl methyl sites for hydroxylation is 3. The van der Waals surface area contributed by atoms with Crippen LogP contribution in [-0.4, -0.2) is 47.0 Å². The summed E-state index contributed by atoms with van der Waals surface area (Å²) in [5.74, 6) is 0.647. The Kier molecular flexibility index (Phi) is 4.28. The Morgan fingerprint density at radius 2 is 1.74 bits per heavy atom. The first-order chi connectivity index (χ1) is 11.0. The molecule has 0 bridgehead atoms. The molecule has 1 fully saturated rings. The summed E-state index contributed by atoms with van der Waals surface area (Å²) in [6.07, 6.45) is 0. The Labute approximate surface area is 137 Å². The van der Waals surface area contributed by atoms with Crippen molar-refractivity contribution in [2.75, 3.05) is 31.1 Å². The summed E-state index contributed by atoms with van der Waals surface area (Å²) in [5.41, 5.74) is 3.82. The minimum Gasteiger partial charge on any atom is -0.368 e. The lowest BCUT2D eigenvalue weighted by Gasteiger charge is -2.36. The van der Waals surface area contributed by atoms with Crippen molar-refractivity contribution in [3.05, 3.63) is 53.1 Å². The molecular formula is C18H22N4O. The van der Waals surface area contributed by atoms with E-state index in [1.807, 2.05) is 18.7 Å². The van der Waals surface area contributed by atoms with Crippen molar-refractivity contribution < 1.29 is 4.79 Å². The van der Waals surface area contributed by atoms with Crippen molar-refractivity contribution in [1.29, 1.82) is 0 Å². The van der Waals surface area contributed by atoms with Crippen LogP contribution in [0, 0.1) is 20.8 Å². The second-order valence-corrected chi connectivity index (χ2v) is 6.06. The van der Waals surface area contributed by atoms with Crippen molar-refractivity contribution in [2.45, 2.75) is 20.8 Å². The summed E-state index contributed by atoms with van der Waals surface area (Å²) in [5, 5.41) is 0. The van der Waals surface area contributed by atoms with Gasteiger partial charge in [0.15, 0.2) is 0 Å². The SMILES string of the molecule is Cc1cccc(N2CCN(C(=O)c3cc(C)nc(C)n3)CC2)c1. The number of piperazine rings is 1. The molecule has 1 aromatic heterocycles. The molecule has 0 aliphatic carbocycles. The first-order valence-corrected chi connectivity index (χ1v) is 7.96. The van der Waals surface area contributed by atoms with Gasteiger partial charge in [-0.15, -0.1) is 0 Å². The Morgan fingerprint density at radius 1 is 1.00 bits per heavy atom. The van der Waals surface area contributed by atoms with Crippen LogP contribution in [-0.2, 0) is 0 Å². The van der Waals surface area contributed by atoms with Gasteiger partial charge in [0.2, 0.25) is 0 Å². The van der Waals surface area contributed by atoms with Crippen LogP contribution < -0.4 is 4.90 Å². The number of aromatic nitrogens is 2. The summed E-state index contributed by atoms with van der Waals surface area (Å²) >= 11 is 0. The minimum absolute atomic E-state index is 0.00231. The number of nitrogens with zero attached hydrogens (tertiary/aromatic N) is 4. The summed E-state index contributed by atoms with van der Waals surface area (Å²) in [6.45, 7) is 8.93. The highest BCUT2D eigenvalue weighted by Crippen LogP contribution is 2.18. The predicted octanol–water partition coefficient (Wildman–Crippen LogP) is 2.36. The zero-order valence-electron chi connectivity index (χ0n) is 13.9. The molecular weight excluding hydrogens is 288 g/mol. The predicted molar refractivity (Wildman–Crippen MR) is 90.8 cm³/mol. The molecule has 0 unspecified atom stereocenters. The van der Waals surface area contributed by atoms with Gasteiger partial charge in [-0.3, -0.25) is 4.79 Å². The van der Waals surface area contributed by atoms with Crippen LogP contribution in [0.25, 0.3) is 0 Å². The largest absolute Gasteiger partial charge is 0.368 e. The average molecular weight is 310 g/mol. The van der Waals surface area contributed by atoms with Crippen LogP contribution in [0.5, 0.6) is 0 Å². The Bertz CT molecular complexity index is 700. The third kappa shape index (κ3) is 3.50. The van der Waals surface area contributed by atoms with Gasteiger partial charge in [-0.1, -0.05) is 12.1 Å². The lowest BCUT2D eigenvalue weighted by molar-refractivity contribution is 0.0740. The monoisotopic (exact) mass is 310 g/mol. The average Bonchev–Trinajstić information content (AvgIpc) is 2.53. The number of anilines is 1. The summed E-state index contributed by atoms with van der Waals surface area (Å²) < 4.78 is 0. The molecule has 2 heterocycles. The highest BCUT2D eigenvalue weighted by molar-refractivity contribution is 5.92. The van der Waals surface area contributed by atoms with Gasteiger partial charge in [0.05, 0.1) is 0 Å². The van der Waals surface area contributed by atoms with E-state index in [0.29, 0.717) is 11.5 Å². The Balaban J connectivity index is 1.67. The Morgan fingerprint density at radius 3 is 2.39 bits per heavy atom. The highest BCUT2D eigenvalue weighted by atomic mass is 16.2. The van der Waals surface area contributed by atoms with E-state index < -0.39 is 0 Å². The van der Waals surface area contributed by atoms with Gasteiger partial charge < -0.3 is 9.80 Å². The van der Waals surface area contributed by atoms with E-state index in [2.05, 4.69) is 46.1 Å². The molecule has 2 aromatic rings. The molecule has 5 heteroatoms. The zero-order chi connectivity index (χ0) is 16.4. The van der Waals surface area contributed by atoms with Crippen molar-refractivity contribution >= 4 is 11.6 Å². The number of rotatable bonds is 2. The van der Waals surface area contributed by atoms with E-state index in [0.717, 1.165) is 31.9 Å². The Hall–Kier alpha value is -2.43. The topological polar surface area (TPSA) is 49.3 Å². The maximum Gasteiger partial charge on any atom is 0.272 e. The van der Waals surface area contributed by atoms with Gasteiger partial charge in [-0.05, 0) is 44.5 Å². The van der Waals surface area contributed by atoms with E-state index in [1.54, 1.807) is 6.07 Å². The van der Waals surface area contributed by atoms with Gasteiger partial charge in [0.25, 0.3) is 5.91 Å². The molecule has 23 heavy (non-hydrogen) atoms. The fourth-order valence-electron chi connectivity index (χ4n) is 2.98. The molecule has 5 nitrogen and oxygen atoms in total. The van der Waals surface area contributed by atoms with Gasteiger partial charge in [0.1, 0.15) is 11.5 Å². The zero-order valence-corrected chi connectivity index (χ0v) is 13.9. The summed E-state index contributed by atoms with van der Waals surface area (Å²) in [7, 11) is 0. The first-order valence-electron chi connectivity index (χ1n) is 7.96. The molecule has 1 aliphatic heterocycles. The van der Waals surface area contributed by atoms with E-state index >= 15 is 0 Å². The van der Waals surface area contributed by atoms with Crippen molar-refractivity contribution in [1.82, 2.24) is 14.9 Å². The lowest BCUT2D eigenvalue weighted by atomic mass is 10.2. The maximum atomic E-state index is 12.6. The van der Waals surface area contributed by atoms with Crippen molar-refractivity contribution in [2.24, 2.45) is 0 Å². The third-order valence-corrected chi connectivity index (χ3v) is 4.12. The maximum absolute atomic E-state index is 12.6. The lowest BCUT2D eigenvalue weighted by Crippen LogP contribution is -2.49. The van der Waals surface area contributed by atoms with Crippen LogP contribution in [0.1, 0.15) is 27.6 Å². The standard InChI is InChI=1S/C18H22N4O/c1-13-5-4-6-16(11-13)21-7-9-22(10-8-21)18(23)17-12-14(2)19-15(3)20-17/h4-6,11-12H,7-10H2,1-3H3. The smallest absolute Gasteiger partial charge is 0.272 e. The number of carbonyl (C=O) groups excluding carboxylic acids is 1. The number of benzene rings is 1. The number of amides is 1. The first kappa shape index (κ1) is 15.5. The van der Waals surface area contributed by atoms with Crippen molar-refractivity contribution in [3.8, 4) is 0 Å². The number of hydrogen-bond acceptors (Lipinski definition) is 4.